The van der Waals surface area contributed by atoms with Crippen molar-refractivity contribution >= 4 is 17.1 Å². The number of piperazine rings is 1. The second-order valence-corrected chi connectivity index (χ2v) is 6.70. The summed E-state index contributed by atoms with van der Waals surface area (Å²) in [5.74, 6) is 0. The van der Waals surface area contributed by atoms with Gasteiger partial charge in [0, 0.05) is 24.7 Å². The summed E-state index contributed by atoms with van der Waals surface area (Å²) in [6.45, 7) is 9.73. The molecular formula is C17H29N5O3+2. The molecule has 4 N–H and O–H groups in total. The molecule has 25 heavy (non-hydrogen) atoms. The van der Waals surface area contributed by atoms with Gasteiger partial charge in [0.2, 0.25) is 0 Å². The Labute approximate surface area is 148 Å². The van der Waals surface area contributed by atoms with E-state index >= 15 is 0 Å². The summed E-state index contributed by atoms with van der Waals surface area (Å²) in [5.41, 5.74) is 1.86. The molecule has 8 nitrogen and oxygen atoms in total. The van der Waals surface area contributed by atoms with Crippen molar-refractivity contribution in [2.24, 2.45) is 0 Å². The van der Waals surface area contributed by atoms with Crippen LogP contribution in [0.15, 0.2) is 18.2 Å². The van der Waals surface area contributed by atoms with Crippen LogP contribution in [0.4, 0.5) is 17.1 Å². The van der Waals surface area contributed by atoms with Gasteiger partial charge >= 0.3 is 0 Å². The number of rotatable bonds is 7. The molecule has 0 saturated carbocycles. The highest BCUT2D eigenvalue weighted by atomic mass is 16.6. The number of anilines is 2. The average molecular weight is 351 g/mol. The maximum Gasteiger partial charge on any atom is 0.292 e. The molecule has 2 fully saturated rings. The highest BCUT2D eigenvalue weighted by molar-refractivity contribution is 5.69. The van der Waals surface area contributed by atoms with Crippen LogP contribution < -0.4 is 20.4 Å². The molecule has 0 aromatic heterocycles. The Morgan fingerprint density at radius 3 is 2.76 bits per heavy atom. The van der Waals surface area contributed by atoms with Crippen LogP contribution in [0.25, 0.3) is 0 Å². The Kier molecular flexibility index (Phi) is 6.43. The Hall–Kier alpha value is -1.90. The Bertz CT molecular complexity index is 571. The minimum absolute atomic E-state index is 0.158. The molecule has 0 unspecified atom stereocenters. The third-order valence-electron chi connectivity index (χ3n) is 4.97. The number of ether oxygens (including phenoxy) is 1. The molecule has 1 aromatic rings. The number of benzene rings is 1. The van der Waals surface area contributed by atoms with E-state index in [1.807, 2.05) is 12.1 Å². The first kappa shape index (κ1) is 17.9. The van der Waals surface area contributed by atoms with Gasteiger partial charge in [-0.25, -0.2) is 0 Å². The van der Waals surface area contributed by atoms with Crippen molar-refractivity contribution in [3.8, 4) is 0 Å². The van der Waals surface area contributed by atoms with Crippen molar-refractivity contribution in [2.45, 2.75) is 6.42 Å². The van der Waals surface area contributed by atoms with Crippen LogP contribution in [0.3, 0.4) is 0 Å². The zero-order valence-corrected chi connectivity index (χ0v) is 14.7. The van der Waals surface area contributed by atoms with Gasteiger partial charge < -0.3 is 25.2 Å². The van der Waals surface area contributed by atoms with Gasteiger partial charge in [0.05, 0.1) is 50.9 Å². The number of hydrogen-bond acceptors (Lipinski definition) is 5. The standard InChI is InChI=1S/C17H27N5O3/c23-22(24)17-3-2-15(21-8-5-18-6-9-21)14-16(17)19-4-1-7-20-10-12-25-13-11-20/h2-3,14,18-19H,1,4-13H2/p+2. The third kappa shape index (κ3) is 5.04. The molecule has 2 heterocycles. The molecule has 0 radical (unpaired) electrons. The molecule has 0 spiro atoms. The summed E-state index contributed by atoms with van der Waals surface area (Å²) in [6, 6.07) is 5.43. The summed E-state index contributed by atoms with van der Waals surface area (Å²) in [5, 5.41) is 16.9. The van der Waals surface area contributed by atoms with E-state index < -0.39 is 0 Å². The number of nitro benzene ring substituents is 1. The van der Waals surface area contributed by atoms with Crippen LogP contribution in [-0.2, 0) is 4.74 Å². The highest BCUT2D eigenvalue weighted by Gasteiger charge is 2.19. The zero-order valence-electron chi connectivity index (χ0n) is 14.7. The van der Waals surface area contributed by atoms with Crippen molar-refractivity contribution in [3.05, 3.63) is 28.3 Å². The van der Waals surface area contributed by atoms with Crippen molar-refractivity contribution in [1.29, 1.82) is 0 Å². The number of hydrogen-bond donors (Lipinski definition) is 3. The van der Waals surface area contributed by atoms with Gasteiger partial charge in [0.15, 0.2) is 0 Å². The van der Waals surface area contributed by atoms with Crippen LogP contribution in [-0.4, -0.2) is 70.5 Å². The predicted molar refractivity (Wildman–Crippen MR) is 96.5 cm³/mol. The van der Waals surface area contributed by atoms with Crippen LogP contribution in [0, 0.1) is 10.1 Å². The molecule has 0 aliphatic carbocycles. The largest absolute Gasteiger partial charge is 0.379 e. The normalized spacial score (nSPS) is 19.0. The molecule has 8 heteroatoms. The van der Waals surface area contributed by atoms with E-state index in [0.717, 1.165) is 77.7 Å². The van der Waals surface area contributed by atoms with Crippen LogP contribution in [0.2, 0.25) is 0 Å². The summed E-state index contributed by atoms with van der Waals surface area (Å²) in [7, 11) is 0. The summed E-state index contributed by atoms with van der Waals surface area (Å²) in [4.78, 5) is 14.9. The van der Waals surface area contributed by atoms with Gasteiger partial charge in [-0.2, -0.15) is 0 Å². The quantitative estimate of drug-likeness (QED) is 0.323. The van der Waals surface area contributed by atoms with E-state index in [-0.39, 0.29) is 10.6 Å². The Morgan fingerprint density at radius 2 is 2.04 bits per heavy atom. The average Bonchev–Trinajstić information content (AvgIpc) is 2.66. The highest BCUT2D eigenvalue weighted by Crippen LogP contribution is 2.29. The third-order valence-corrected chi connectivity index (χ3v) is 4.97. The van der Waals surface area contributed by atoms with Crippen LogP contribution >= 0.6 is 0 Å². The number of nitrogens with two attached hydrogens (primary N) is 1. The molecule has 1 aromatic carbocycles. The second kappa shape index (κ2) is 8.98. The maximum absolute atomic E-state index is 11.3. The lowest BCUT2D eigenvalue weighted by atomic mass is 10.2. The van der Waals surface area contributed by atoms with Gasteiger partial charge in [0.25, 0.3) is 5.69 Å². The first-order valence-corrected chi connectivity index (χ1v) is 9.24. The fourth-order valence-electron chi connectivity index (χ4n) is 3.50. The van der Waals surface area contributed by atoms with E-state index in [2.05, 4.69) is 15.5 Å². The SMILES string of the molecule is O=[N+]([O-])c1ccc(N2CC[NH2+]CC2)cc1NCCC[NH+]1CCOCC1. The lowest BCUT2D eigenvalue weighted by Crippen LogP contribution is -3.14. The second-order valence-electron chi connectivity index (χ2n) is 6.70. The molecule has 3 rings (SSSR count). The molecule has 2 aliphatic rings. The minimum atomic E-state index is -0.302. The van der Waals surface area contributed by atoms with Gasteiger partial charge in [-0.1, -0.05) is 0 Å². The number of morpholine rings is 1. The zero-order chi connectivity index (χ0) is 17.5. The monoisotopic (exact) mass is 351 g/mol. The molecule has 0 atom stereocenters. The summed E-state index contributed by atoms with van der Waals surface area (Å²) >= 11 is 0. The lowest BCUT2D eigenvalue weighted by Gasteiger charge is -2.27. The molecule has 0 amide bonds. The smallest absolute Gasteiger partial charge is 0.292 e. The van der Waals surface area contributed by atoms with E-state index in [1.54, 1.807) is 11.0 Å². The minimum Gasteiger partial charge on any atom is -0.379 e. The van der Waals surface area contributed by atoms with E-state index in [1.165, 1.54) is 0 Å². The van der Waals surface area contributed by atoms with Crippen LogP contribution in [0.1, 0.15) is 6.42 Å². The van der Waals surface area contributed by atoms with Crippen molar-refractivity contribution < 1.29 is 19.9 Å². The first-order valence-electron chi connectivity index (χ1n) is 9.24. The van der Waals surface area contributed by atoms with Gasteiger partial charge in [-0.3, -0.25) is 10.1 Å². The Morgan fingerprint density at radius 1 is 1.28 bits per heavy atom. The van der Waals surface area contributed by atoms with Gasteiger partial charge in [-0.05, 0) is 12.1 Å². The number of nitrogens with zero attached hydrogens (tertiary/aromatic N) is 2. The summed E-state index contributed by atoms with van der Waals surface area (Å²) in [6.07, 6.45) is 0.995. The molecule has 2 aliphatic heterocycles. The predicted octanol–water partition coefficient (Wildman–Crippen LogP) is -1.30. The number of nitro groups is 1. The van der Waals surface area contributed by atoms with Crippen molar-refractivity contribution in [1.82, 2.24) is 0 Å². The number of nitrogens with one attached hydrogen (secondary N) is 2. The summed E-state index contributed by atoms with van der Waals surface area (Å²) < 4.78 is 5.37. The molecule has 138 valence electrons. The maximum atomic E-state index is 11.3. The van der Waals surface area contributed by atoms with Gasteiger partial charge in [-0.15, -0.1) is 0 Å². The lowest BCUT2D eigenvalue weighted by molar-refractivity contribution is -0.908. The molecule has 2 saturated heterocycles. The topological polar surface area (TPSA) is 88.7 Å². The fourth-order valence-corrected chi connectivity index (χ4v) is 3.50. The fraction of sp³-hybridized carbons (Fsp3) is 0.647. The van der Waals surface area contributed by atoms with E-state index in [9.17, 15) is 10.1 Å². The van der Waals surface area contributed by atoms with Crippen molar-refractivity contribution in [3.63, 3.8) is 0 Å². The van der Waals surface area contributed by atoms with Gasteiger partial charge in [0.1, 0.15) is 18.8 Å². The number of quaternary nitrogens is 2. The van der Waals surface area contributed by atoms with Crippen LogP contribution in [0.5, 0.6) is 0 Å². The van der Waals surface area contributed by atoms with E-state index in [0.29, 0.717) is 5.69 Å². The van der Waals surface area contributed by atoms with E-state index in [4.69, 9.17) is 4.74 Å². The first-order chi connectivity index (χ1) is 12.2. The Balaban J connectivity index is 1.58. The molecule has 0 bridgehead atoms. The molecular weight excluding hydrogens is 322 g/mol. The van der Waals surface area contributed by atoms with Crippen molar-refractivity contribution in [2.75, 3.05) is 75.8 Å².